The normalized spacial score (nSPS) is 19.0. The first-order valence-electron chi connectivity index (χ1n) is 5.89. The highest BCUT2D eigenvalue weighted by molar-refractivity contribution is 5.75. The molecule has 1 unspecified atom stereocenters. The number of cyclic esters (lactones) is 1. The summed E-state index contributed by atoms with van der Waals surface area (Å²) in [6.07, 6.45) is 2.72. The Bertz CT molecular complexity index is 601. The molecule has 1 aliphatic heterocycles. The van der Waals surface area contributed by atoms with Gasteiger partial charge in [-0.1, -0.05) is 0 Å². The van der Waals surface area contributed by atoms with Crippen molar-refractivity contribution >= 4 is 17.3 Å². The smallest absolute Gasteiger partial charge is 0.407 e. The Labute approximate surface area is 108 Å². The second-order valence-corrected chi connectivity index (χ2v) is 4.36. The van der Waals surface area contributed by atoms with Crippen LogP contribution in [0.5, 0.6) is 5.88 Å². The van der Waals surface area contributed by atoms with Gasteiger partial charge in [-0.05, 0) is 0 Å². The minimum atomic E-state index is -0.384. The van der Waals surface area contributed by atoms with E-state index < -0.39 is 0 Å². The van der Waals surface area contributed by atoms with E-state index in [1.165, 1.54) is 6.33 Å². The maximum Gasteiger partial charge on any atom is 0.407 e. The van der Waals surface area contributed by atoms with Crippen LogP contribution in [-0.4, -0.2) is 45.4 Å². The van der Waals surface area contributed by atoms with Gasteiger partial charge in [0.2, 0.25) is 5.88 Å². The average Bonchev–Trinajstić information content (AvgIpc) is 2.81. The lowest BCUT2D eigenvalue weighted by Crippen LogP contribution is -2.41. The van der Waals surface area contributed by atoms with Crippen LogP contribution in [0.15, 0.2) is 12.7 Å². The van der Waals surface area contributed by atoms with Crippen molar-refractivity contribution in [3.63, 3.8) is 0 Å². The van der Waals surface area contributed by atoms with E-state index in [-0.39, 0.29) is 12.0 Å². The minimum Gasteiger partial charge on any atom is -0.475 e. The topological polar surface area (TPSA) is 91.2 Å². The zero-order valence-corrected chi connectivity index (χ0v) is 10.4. The fourth-order valence-corrected chi connectivity index (χ4v) is 1.86. The summed E-state index contributed by atoms with van der Waals surface area (Å²) in [4.78, 5) is 23.3. The molecule has 1 aliphatic rings. The number of fused-ring (bicyclic) bond motifs is 1. The van der Waals surface area contributed by atoms with Crippen LogP contribution in [0.4, 0.5) is 4.79 Å². The first-order chi connectivity index (χ1) is 9.24. The summed E-state index contributed by atoms with van der Waals surface area (Å²) in [7, 11) is 1.86. The number of hydrogen-bond donors (Lipinski definition) is 1. The van der Waals surface area contributed by atoms with E-state index in [1.54, 1.807) is 10.9 Å². The van der Waals surface area contributed by atoms with Crippen molar-refractivity contribution in [1.29, 1.82) is 0 Å². The molecular formula is C11H13N5O3. The molecule has 0 aliphatic carbocycles. The van der Waals surface area contributed by atoms with Crippen LogP contribution in [0.25, 0.3) is 11.2 Å². The largest absolute Gasteiger partial charge is 0.475 e. The van der Waals surface area contributed by atoms with Crippen LogP contribution >= 0.6 is 0 Å². The fraction of sp³-hybridized carbons (Fsp3) is 0.455. The fourth-order valence-electron chi connectivity index (χ4n) is 1.86. The molecule has 0 bridgehead atoms. The van der Waals surface area contributed by atoms with Crippen LogP contribution in [-0.2, 0) is 11.8 Å². The number of aromatic nitrogens is 4. The number of hydrogen-bond acceptors (Lipinski definition) is 6. The third-order valence-electron chi connectivity index (χ3n) is 2.90. The third-order valence-corrected chi connectivity index (χ3v) is 2.90. The standard InChI is InChI=1S/C11H13N5O3/c1-16-6-15-8-9(16)13-5-14-10(8)18-3-7-2-12-11(17)19-4-7/h5-7H,2-4H2,1H3,(H,12,17). The van der Waals surface area contributed by atoms with Gasteiger partial charge < -0.3 is 19.4 Å². The van der Waals surface area contributed by atoms with E-state index in [0.29, 0.717) is 31.2 Å². The Hall–Kier alpha value is -2.38. The number of rotatable bonds is 3. The molecule has 3 rings (SSSR count). The number of carbonyl (C=O) groups excluding carboxylic acids is 1. The SMILES string of the molecule is Cn1cnc2c(OCC3CNC(=O)OC3)ncnc21. The van der Waals surface area contributed by atoms with Gasteiger partial charge in [-0.15, -0.1) is 0 Å². The minimum absolute atomic E-state index is 0.103. The molecule has 1 atom stereocenters. The van der Waals surface area contributed by atoms with E-state index in [1.807, 2.05) is 7.05 Å². The number of carbonyl (C=O) groups is 1. The van der Waals surface area contributed by atoms with Gasteiger partial charge in [-0.25, -0.2) is 14.8 Å². The molecule has 2 aromatic heterocycles. The van der Waals surface area contributed by atoms with Crippen molar-refractivity contribution < 1.29 is 14.3 Å². The highest BCUT2D eigenvalue weighted by Crippen LogP contribution is 2.19. The molecule has 8 nitrogen and oxygen atoms in total. The van der Waals surface area contributed by atoms with Crippen LogP contribution in [0.3, 0.4) is 0 Å². The number of alkyl carbamates (subject to hydrolysis) is 1. The van der Waals surface area contributed by atoms with Gasteiger partial charge in [0.05, 0.1) is 12.9 Å². The van der Waals surface area contributed by atoms with Gasteiger partial charge in [0.25, 0.3) is 0 Å². The second kappa shape index (κ2) is 4.71. The quantitative estimate of drug-likeness (QED) is 0.844. The summed E-state index contributed by atoms with van der Waals surface area (Å²) in [5.74, 6) is 0.550. The molecular weight excluding hydrogens is 250 g/mol. The zero-order chi connectivity index (χ0) is 13.2. The van der Waals surface area contributed by atoms with E-state index in [9.17, 15) is 4.79 Å². The highest BCUT2D eigenvalue weighted by atomic mass is 16.6. The predicted molar refractivity (Wildman–Crippen MR) is 64.6 cm³/mol. The Morgan fingerprint density at radius 2 is 2.42 bits per heavy atom. The van der Waals surface area contributed by atoms with Crippen molar-refractivity contribution in [1.82, 2.24) is 24.8 Å². The molecule has 1 amide bonds. The van der Waals surface area contributed by atoms with Crippen LogP contribution in [0.2, 0.25) is 0 Å². The molecule has 0 saturated carbocycles. The maximum atomic E-state index is 10.9. The monoisotopic (exact) mass is 263 g/mol. The Kier molecular flexibility index (Phi) is 2.90. The molecule has 19 heavy (non-hydrogen) atoms. The number of ether oxygens (including phenoxy) is 2. The van der Waals surface area contributed by atoms with Crippen molar-refractivity contribution in [2.75, 3.05) is 19.8 Å². The van der Waals surface area contributed by atoms with Gasteiger partial charge in [-0.2, -0.15) is 4.98 Å². The second-order valence-electron chi connectivity index (χ2n) is 4.36. The molecule has 0 radical (unpaired) electrons. The maximum absolute atomic E-state index is 10.9. The van der Waals surface area contributed by atoms with E-state index >= 15 is 0 Å². The first-order valence-corrected chi connectivity index (χ1v) is 5.89. The number of aryl methyl sites for hydroxylation is 1. The molecule has 3 heterocycles. The van der Waals surface area contributed by atoms with Crippen molar-refractivity contribution in [3.05, 3.63) is 12.7 Å². The van der Waals surface area contributed by atoms with E-state index in [2.05, 4.69) is 20.3 Å². The zero-order valence-electron chi connectivity index (χ0n) is 10.4. The molecule has 1 saturated heterocycles. The van der Waals surface area contributed by atoms with E-state index in [4.69, 9.17) is 9.47 Å². The molecule has 0 spiro atoms. The molecule has 8 heteroatoms. The Morgan fingerprint density at radius 1 is 1.53 bits per heavy atom. The van der Waals surface area contributed by atoms with E-state index in [0.717, 1.165) is 5.65 Å². The molecule has 1 N–H and O–H groups in total. The lowest BCUT2D eigenvalue weighted by atomic mass is 10.1. The van der Waals surface area contributed by atoms with Gasteiger partial charge >= 0.3 is 6.09 Å². The van der Waals surface area contributed by atoms with Gasteiger partial charge in [0.15, 0.2) is 11.2 Å². The summed E-state index contributed by atoms with van der Waals surface area (Å²) >= 11 is 0. The lowest BCUT2D eigenvalue weighted by molar-refractivity contribution is 0.0830. The number of nitrogens with zero attached hydrogens (tertiary/aromatic N) is 4. The van der Waals surface area contributed by atoms with Crippen LogP contribution in [0.1, 0.15) is 0 Å². The summed E-state index contributed by atoms with van der Waals surface area (Å²) in [5, 5.41) is 2.62. The lowest BCUT2D eigenvalue weighted by Gasteiger charge is -2.22. The summed E-state index contributed by atoms with van der Waals surface area (Å²) in [5.41, 5.74) is 1.35. The van der Waals surface area contributed by atoms with Crippen LogP contribution < -0.4 is 10.1 Å². The van der Waals surface area contributed by atoms with Crippen LogP contribution in [0, 0.1) is 5.92 Å². The summed E-state index contributed by atoms with van der Waals surface area (Å²) in [6.45, 7) is 1.29. The first kappa shape index (κ1) is 11.7. The predicted octanol–water partition coefficient (Wildman–Crippen LogP) is 0.0981. The van der Waals surface area contributed by atoms with Crippen molar-refractivity contribution in [2.24, 2.45) is 13.0 Å². The van der Waals surface area contributed by atoms with Crippen molar-refractivity contribution in [2.45, 2.75) is 0 Å². The number of amides is 1. The molecule has 2 aromatic rings. The summed E-state index contributed by atoms with van der Waals surface area (Å²) in [6, 6.07) is 0. The summed E-state index contributed by atoms with van der Waals surface area (Å²) < 4.78 is 12.3. The van der Waals surface area contributed by atoms with Crippen molar-refractivity contribution in [3.8, 4) is 5.88 Å². The van der Waals surface area contributed by atoms with Gasteiger partial charge in [-0.3, -0.25) is 0 Å². The third kappa shape index (κ3) is 2.28. The Balaban J connectivity index is 1.70. The molecule has 0 aromatic carbocycles. The average molecular weight is 263 g/mol. The number of nitrogens with one attached hydrogen (secondary N) is 1. The molecule has 100 valence electrons. The molecule has 1 fully saturated rings. The Morgan fingerprint density at radius 3 is 3.21 bits per heavy atom. The van der Waals surface area contributed by atoms with Gasteiger partial charge in [0, 0.05) is 19.5 Å². The highest BCUT2D eigenvalue weighted by Gasteiger charge is 2.20. The number of imidazole rings is 1. The van der Waals surface area contributed by atoms with Gasteiger partial charge in [0.1, 0.15) is 12.9 Å².